The van der Waals surface area contributed by atoms with Crippen molar-refractivity contribution in [2.45, 2.75) is 39.7 Å². The molecule has 0 spiro atoms. The van der Waals surface area contributed by atoms with Crippen molar-refractivity contribution < 1.29 is 23.9 Å². The molecule has 3 rings (SSSR count). The van der Waals surface area contributed by atoms with Crippen LogP contribution in [0.3, 0.4) is 0 Å². The van der Waals surface area contributed by atoms with Gasteiger partial charge in [-0.15, -0.1) is 0 Å². The smallest absolute Gasteiger partial charge is 0.329 e. The van der Waals surface area contributed by atoms with E-state index in [0.717, 1.165) is 16.9 Å². The second kappa shape index (κ2) is 9.55. The molecule has 1 N–H and O–H groups in total. The van der Waals surface area contributed by atoms with Crippen LogP contribution in [0.2, 0.25) is 0 Å². The maximum absolute atomic E-state index is 12.8. The van der Waals surface area contributed by atoms with E-state index in [1.54, 1.807) is 36.4 Å². The Morgan fingerprint density at radius 2 is 1.55 bits per heavy atom. The summed E-state index contributed by atoms with van der Waals surface area (Å²) in [5, 5.41) is 2.67. The highest BCUT2D eigenvalue weighted by Gasteiger charge is 2.43. The van der Waals surface area contributed by atoms with E-state index in [1.807, 2.05) is 32.9 Å². The van der Waals surface area contributed by atoms with Crippen LogP contribution in [0, 0.1) is 5.92 Å². The highest BCUT2D eigenvalue weighted by Crippen LogP contribution is 2.27. The molecule has 0 aromatic heterocycles. The number of fused-ring (bicyclic) bond motifs is 1. The standard InChI is InChI=1S/C24H26N2O5/c1-4-16-9-11-17(12-10-16)25-21(27)14-31-24(30)20(13-15(2)3)26-22(28)18-7-5-6-8-19(18)23(26)29/h5-12,15,20H,4,13-14H2,1-3H3,(H,25,27)/t20-/m0/s1. The number of hydrogen-bond acceptors (Lipinski definition) is 5. The predicted octanol–water partition coefficient (Wildman–Crippen LogP) is 3.44. The zero-order valence-corrected chi connectivity index (χ0v) is 17.9. The maximum Gasteiger partial charge on any atom is 0.329 e. The number of aryl methyl sites for hydroxylation is 1. The van der Waals surface area contributed by atoms with Gasteiger partial charge in [0.05, 0.1) is 11.1 Å². The first kappa shape index (κ1) is 22.2. The van der Waals surface area contributed by atoms with E-state index >= 15 is 0 Å². The van der Waals surface area contributed by atoms with Crippen LogP contribution in [0.25, 0.3) is 0 Å². The van der Waals surface area contributed by atoms with Crippen molar-refractivity contribution in [2.75, 3.05) is 11.9 Å². The Bertz CT molecular complexity index is 962. The molecule has 1 atom stereocenters. The van der Waals surface area contributed by atoms with Crippen LogP contribution in [-0.4, -0.2) is 41.2 Å². The maximum atomic E-state index is 12.8. The van der Waals surface area contributed by atoms with Gasteiger partial charge >= 0.3 is 5.97 Å². The summed E-state index contributed by atoms with van der Waals surface area (Å²) in [4.78, 5) is 51.5. The quantitative estimate of drug-likeness (QED) is 0.520. The van der Waals surface area contributed by atoms with Crippen molar-refractivity contribution in [2.24, 2.45) is 5.92 Å². The molecule has 0 fully saturated rings. The lowest BCUT2D eigenvalue weighted by Gasteiger charge is -2.25. The topological polar surface area (TPSA) is 92.8 Å². The minimum Gasteiger partial charge on any atom is -0.454 e. The van der Waals surface area contributed by atoms with Gasteiger partial charge in [0.15, 0.2) is 6.61 Å². The molecule has 0 bridgehead atoms. The molecule has 0 unspecified atom stereocenters. The fourth-order valence-electron chi connectivity index (χ4n) is 3.50. The number of benzene rings is 2. The monoisotopic (exact) mass is 422 g/mol. The van der Waals surface area contributed by atoms with Crippen molar-refractivity contribution >= 4 is 29.4 Å². The van der Waals surface area contributed by atoms with Crippen molar-refractivity contribution in [3.8, 4) is 0 Å². The fraction of sp³-hybridized carbons (Fsp3) is 0.333. The summed E-state index contributed by atoms with van der Waals surface area (Å²) in [5.74, 6) is -2.30. The van der Waals surface area contributed by atoms with Gasteiger partial charge in [-0.05, 0) is 48.6 Å². The van der Waals surface area contributed by atoms with Gasteiger partial charge in [0.1, 0.15) is 6.04 Å². The molecular weight excluding hydrogens is 396 g/mol. The molecule has 0 aliphatic carbocycles. The normalized spacial score (nSPS) is 13.9. The van der Waals surface area contributed by atoms with E-state index in [1.165, 1.54) is 0 Å². The number of imide groups is 1. The van der Waals surface area contributed by atoms with Gasteiger partial charge in [-0.25, -0.2) is 4.79 Å². The highest BCUT2D eigenvalue weighted by atomic mass is 16.5. The molecule has 1 aliphatic heterocycles. The molecule has 1 heterocycles. The third kappa shape index (κ3) is 4.99. The summed E-state index contributed by atoms with van der Waals surface area (Å²) in [6.07, 6.45) is 1.13. The zero-order valence-electron chi connectivity index (χ0n) is 17.9. The molecule has 2 aromatic rings. The number of carbonyl (C=O) groups excluding carboxylic acids is 4. The lowest BCUT2D eigenvalue weighted by molar-refractivity contribution is -0.151. The van der Waals surface area contributed by atoms with E-state index < -0.39 is 36.3 Å². The first-order valence-corrected chi connectivity index (χ1v) is 10.3. The number of nitrogens with zero attached hydrogens (tertiary/aromatic N) is 1. The summed E-state index contributed by atoms with van der Waals surface area (Å²) in [7, 11) is 0. The number of nitrogens with one attached hydrogen (secondary N) is 1. The molecule has 7 heteroatoms. The minimum absolute atomic E-state index is 0.0211. The summed E-state index contributed by atoms with van der Waals surface area (Å²) < 4.78 is 5.19. The van der Waals surface area contributed by atoms with Crippen LogP contribution in [0.4, 0.5) is 5.69 Å². The zero-order chi connectivity index (χ0) is 22.5. The van der Waals surface area contributed by atoms with Crippen LogP contribution < -0.4 is 5.32 Å². The Balaban J connectivity index is 1.67. The second-order valence-electron chi connectivity index (χ2n) is 7.88. The van der Waals surface area contributed by atoms with E-state index in [-0.39, 0.29) is 23.5 Å². The van der Waals surface area contributed by atoms with Crippen LogP contribution >= 0.6 is 0 Å². The van der Waals surface area contributed by atoms with Gasteiger partial charge < -0.3 is 10.1 Å². The van der Waals surface area contributed by atoms with Crippen molar-refractivity contribution in [1.82, 2.24) is 4.90 Å². The minimum atomic E-state index is -1.09. The Hall–Kier alpha value is -3.48. The van der Waals surface area contributed by atoms with Crippen LogP contribution in [0.5, 0.6) is 0 Å². The molecule has 2 aromatic carbocycles. The lowest BCUT2D eigenvalue weighted by Crippen LogP contribution is -2.46. The number of esters is 1. The molecule has 7 nitrogen and oxygen atoms in total. The second-order valence-corrected chi connectivity index (χ2v) is 7.88. The van der Waals surface area contributed by atoms with Gasteiger partial charge in [0, 0.05) is 5.69 Å². The van der Waals surface area contributed by atoms with E-state index in [9.17, 15) is 19.2 Å². The summed E-state index contributed by atoms with van der Waals surface area (Å²) in [5.41, 5.74) is 2.27. The van der Waals surface area contributed by atoms with Crippen molar-refractivity contribution in [3.63, 3.8) is 0 Å². The average molecular weight is 422 g/mol. The SMILES string of the molecule is CCc1ccc(NC(=O)COC(=O)[C@H](CC(C)C)N2C(=O)c3ccccc3C2=O)cc1. The van der Waals surface area contributed by atoms with Crippen LogP contribution in [0.15, 0.2) is 48.5 Å². The number of ether oxygens (including phenoxy) is 1. The largest absolute Gasteiger partial charge is 0.454 e. The molecule has 3 amide bonds. The summed E-state index contributed by atoms with van der Waals surface area (Å²) >= 11 is 0. The third-order valence-corrected chi connectivity index (χ3v) is 5.10. The highest BCUT2D eigenvalue weighted by molar-refractivity contribution is 6.22. The molecule has 1 aliphatic rings. The fourth-order valence-corrected chi connectivity index (χ4v) is 3.50. The van der Waals surface area contributed by atoms with E-state index in [2.05, 4.69) is 5.32 Å². The van der Waals surface area contributed by atoms with Crippen LogP contribution in [0.1, 0.15) is 53.5 Å². The Kier molecular flexibility index (Phi) is 6.84. The lowest BCUT2D eigenvalue weighted by atomic mass is 10.0. The molecule has 0 radical (unpaired) electrons. The molecule has 162 valence electrons. The summed E-state index contributed by atoms with van der Waals surface area (Å²) in [6.45, 7) is 5.29. The van der Waals surface area contributed by atoms with Gasteiger partial charge in [0.25, 0.3) is 17.7 Å². The average Bonchev–Trinajstić information content (AvgIpc) is 3.01. The number of anilines is 1. The molecule has 31 heavy (non-hydrogen) atoms. The number of rotatable bonds is 8. The van der Waals surface area contributed by atoms with Gasteiger partial charge in [-0.1, -0.05) is 45.0 Å². The molecular formula is C24H26N2O5. The number of carbonyl (C=O) groups is 4. The van der Waals surface area contributed by atoms with Gasteiger partial charge in [0.2, 0.25) is 0 Å². The van der Waals surface area contributed by atoms with E-state index in [0.29, 0.717) is 5.69 Å². The molecule has 0 saturated heterocycles. The van der Waals surface area contributed by atoms with Crippen LogP contribution in [-0.2, 0) is 20.7 Å². The summed E-state index contributed by atoms with van der Waals surface area (Å²) in [6, 6.07) is 12.7. The third-order valence-electron chi connectivity index (χ3n) is 5.10. The Morgan fingerprint density at radius 3 is 2.06 bits per heavy atom. The van der Waals surface area contributed by atoms with Gasteiger partial charge in [-0.2, -0.15) is 0 Å². The van der Waals surface area contributed by atoms with Gasteiger partial charge in [-0.3, -0.25) is 19.3 Å². The number of hydrogen-bond donors (Lipinski definition) is 1. The Morgan fingerprint density at radius 1 is 0.968 bits per heavy atom. The number of amides is 3. The van der Waals surface area contributed by atoms with E-state index in [4.69, 9.17) is 4.74 Å². The Labute approximate surface area is 181 Å². The molecule has 0 saturated carbocycles. The van der Waals surface area contributed by atoms with Crippen molar-refractivity contribution in [3.05, 3.63) is 65.2 Å². The van der Waals surface area contributed by atoms with Crippen molar-refractivity contribution in [1.29, 1.82) is 0 Å². The predicted molar refractivity (Wildman–Crippen MR) is 116 cm³/mol. The first-order chi connectivity index (χ1) is 14.8. The first-order valence-electron chi connectivity index (χ1n) is 10.3.